The van der Waals surface area contributed by atoms with Gasteiger partial charge in [-0.25, -0.2) is 0 Å². The molecule has 0 amide bonds. The van der Waals surface area contributed by atoms with Crippen LogP contribution in [-0.4, -0.2) is 0 Å². The summed E-state index contributed by atoms with van der Waals surface area (Å²) in [5, 5.41) is 12.3. The molecule has 2 nitrogen and oxygen atoms in total. The molecule has 0 aliphatic rings. The predicted molar refractivity (Wildman–Crippen MR) is 225 cm³/mol. The molecule has 0 bridgehead atoms. The average molecular weight is 697 g/mol. The Morgan fingerprint density at radius 1 is 0.358 bits per heavy atom. The topological polar surface area (TPSA) is 26.3 Å². The van der Waals surface area contributed by atoms with Crippen molar-refractivity contribution in [2.24, 2.45) is 0 Å². The Bertz CT molecular complexity index is 3150. The van der Waals surface area contributed by atoms with E-state index in [9.17, 15) is 0 Å². The van der Waals surface area contributed by atoms with Crippen LogP contribution in [0.1, 0.15) is 11.5 Å². The highest BCUT2D eigenvalue weighted by atomic mass is 32.1. The quantitative estimate of drug-likeness (QED) is 0.171. The molecule has 0 aliphatic carbocycles. The van der Waals surface area contributed by atoms with Gasteiger partial charge in [-0.3, -0.25) is 0 Å². The van der Waals surface area contributed by atoms with Gasteiger partial charge in [0.05, 0.1) is 0 Å². The Morgan fingerprint density at radius 2 is 0.811 bits per heavy atom. The lowest BCUT2D eigenvalue weighted by Crippen LogP contribution is -1.91. The van der Waals surface area contributed by atoms with Crippen LogP contribution >= 0.6 is 11.3 Å². The van der Waals surface area contributed by atoms with E-state index in [1.54, 1.807) is 0 Å². The van der Waals surface area contributed by atoms with Gasteiger partial charge in [0.15, 0.2) is 0 Å². The second-order valence-electron chi connectivity index (χ2n) is 14.0. The highest BCUT2D eigenvalue weighted by molar-refractivity contribution is 7.26. The summed E-state index contributed by atoms with van der Waals surface area (Å²) in [6.45, 7) is 4.02. The molecule has 0 saturated carbocycles. The molecule has 0 saturated heterocycles. The zero-order valence-electron chi connectivity index (χ0n) is 29.2. The van der Waals surface area contributed by atoms with Crippen LogP contribution < -0.4 is 0 Å². The molecule has 3 heterocycles. The van der Waals surface area contributed by atoms with E-state index in [4.69, 9.17) is 8.83 Å². The van der Waals surface area contributed by atoms with Crippen LogP contribution in [0.2, 0.25) is 0 Å². The summed E-state index contributed by atoms with van der Waals surface area (Å²) in [5.74, 6) is 3.63. The standard InChI is InChI=1S/C50H32O2S/c1-29-22-26-42(51-29)48-36-16-7-3-12-32(36)46(33-13-4-8-17-37(33)48)31-24-25-40-45(28-31)53-44-21-11-20-41(50(40)44)47-34-14-5-9-18-38(34)49(43-27-23-30(2)52-43)39-19-10-6-15-35(39)47/h3-28H,1-2H3. The van der Waals surface area contributed by atoms with Crippen molar-refractivity contribution in [1.29, 1.82) is 0 Å². The molecule has 0 radical (unpaired) electrons. The molecule has 0 N–H and O–H groups in total. The zero-order valence-corrected chi connectivity index (χ0v) is 30.1. The summed E-state index contributed by atoms with van der Waals surface area (Å²) in [6.07, 6.45) is 0. The fourth-order valence-electron chi connectivity index (χ4n) is 8.72. The first-order valence-electron chi connectivity index (χ1n) is 18.1. The van der Waals surface area contributed by atoms with Crippen LogP contribution in [0, 0.1) is 13.8 Å². The first-order chi connectivity index (χ1) is 26.1. The molecule has 0 atom stereocenters. The average Bonchev–Trinajstić information content (AvgIpc) is 3.93. The summed E-state index contributed by atoms with van der Waals surface area (Å²) >= 11 is 1.88. The Labute approximate surface area is 310 Å². The first kappa shape index (κ1) is 30.2. The number of aryl methyl sites for hydroxylation is 2. The van der Waals surface area contributed by atoms with Gasteiger partial charge in [-0.1, -0.05) is 121 Å². The number of fused-ring (bicyclic) bond motifs is 7. The minimum Gasteiger partial charge on any atom is -0.461 e. The van der Waals surface area contributed by atoms with Crippen molar-refractivity contribution in [2.45, 2.75) is 13.8 Å². The van der Waals surface area contributed by atoms with Crippen LogP contribution in [0.25, 0.3) is 108 Å². The van der Waals surface area contributed by atoms with E-state index in [1.807, 2.05) is 25.2 Å². The Morgan fingerprint density at radius 3 is 1.26 bits per heavy atom. The molecule has 3 aromatic heterocycles. The third kappa shape index (κ3) is 4.51. The van der Waals surface area contributed by atoms with Gasteiger partial charge in [0.25, 0.3) is 0 Å². The zero-order chi connectivity index (χ0) is 35.2. The van der Waals surface area contributed by atoms with Crippen LogP contribution in [-0.2, 0) is 0 Å². The fourth-order valence-corrected chi connectivity index (χ4v) is 9.89. The molecule has 3 heteroatoms. The summed E-state index contributed by atoms with van der Waals surface area (Å²) < 4.78 is 15.1. The maximum atomic E-state index is 6.27. The van der Waals surface area contributed by atoms with E-state index >= 15 is 0 Å². The van der Waals surface area contributed by atoms with Gasteiger partial charge in [-0.15, -0.1) is 11.3 Å². The minimum absolute atomic E-state index is 0.903. The molecule has 0 aliphatic heterocycles. The molecule has 11 aromatic rings. The summed E-state index contributed by atoms with van der Waals surface area (Å²) in [4.78, 5) is 0. The lowest BCUT2D eigenvalue weighted by molar-refractivity contribution is 0.549. The number of hydrogen-bond acceptors (Lipinski definition) is 3. The molecule has 0 unspecified atom stereocenters. The second kappa shape index (κ2) is 11.5. The van der Waals surface area contributed by atoms with Crippen LogP contribution in [0.15, 0.2) is 167 Å². The van der Waals surface area contributed by atoms with Gasteiger partial charge < -0.3 is 8.83 Å². The van der Waals surface area contributed by atoms with Gasteiger partial charge >= 0.3 is 0 Å². The van der Waals surface area contributed by atoms with E-state index < -0.39 is 0 Å². The maximum Gasteiger partial charge on any atom is 0.135 e. The van der Waals surface area contributed by atoms with Crippen LogP contribution in [0.5, 0.6) is 0 Å². The van der Waals surface area contributed by atoms with Crippen LogP contribution in [0.3, 0.4) is 0 Å². The van der Waals surface area contributed by atoms with Crippen molar-refractivity contribution in [1.82, 2.24) is 0 Å². The van der Waals surface area contributed by atoms with E-state index in [0.717, 1.165) is 34.2 Å². The summed E-state index contributed by atoms with van der Waals surface area (Å²) in [7, 11) is 0. The molecule has 8 aromatic carbocycles. The highest BCUT2D eigenvalue weighted by Crippen LogP contribution is 2.50. The summed E-state index contributed by atoms with van der Waals surface area (Å²) in [5.41, 5.74) is 7.28. The largest absolute Gasteiger partial charge is 0.461 e. The van der Waals surface area contributed by atoms with E-state index in [2.05, 4.69) is 158 Å². The molecular formula is C50H32O2S. The van der Waals surface area contributed by atoms with Gasteiger partial charge in [-0.2, -0.15) is 0 Å². The number of furan rings is 2. The lowest BCUT2D eigenvalue weighted by atomic mass is 9.86. The molecule has 11 rings (SSSR count). The molecule has 0 spiro atoms. The van der Waals surface area contributed by atoms with Crippen molar-refractivity contribution < 1.29 is 8.83 Å². The molecule has 0 fully saturated rings. The Hall–Kier alpha value is -6.42. The van der Waals surface area contributed by atoms with E-state index in [0.29, 0.717) is 0 Å². The van der Waals surface area contributed by atoms with E-state index in [-0.39, 0.29) is 0 Å². The molecule has 53 heavy (non-hydrogen) atoms. The predicted octanol–water partition coefficient (Wildman–Crippen LogP) is 15.1. The Balaban J connectivity index is 1.18. The van der Waals surface area contributed by atoms with E-state index in [1.165, 1.54) is 85.5 Å². The SMILES string of the molecule is Cc1ccc(-c2c3ccccc3c(-c3ccc4c(c3)sc3cccc(-c5c6ccccc6c(-c6ccc(C)o6)c6ccccc56)c34)c3ccccc23)o1. The first-order valence-corrected chi connectivity index (χ1v) is 18.9. The Kier molecular flexibility index (Phi) is 6.58. The monoisotopic (exact) mass is 696 g/mol. The van der Waals surface area contributed by atoms with Gasteiger partial charge in [0.2, 0.25) is 0 Å². The third-order valence-corrected chi connectivity index (χ3v) is 12.0. The van der Waals surface area contributed by atoms with Crippen LogP contribution in [0.4, 0.5) is 0 Å². The summed E-state index contributed by atoms with van der Waals surface area (Å²) in [6, 6.07) is 57.3. The second-order valence-corrected chi connectivity index (χ2v) is 15.1. The normalized spacial score (nSPS) is 12.0. The molecular weight excluding hydrogens is 665 g/mol. The van der Waals surface area contributed by atoms with Gasteiger partial charge in [0.1, 0.15) is 23.0 Å². The third-order valence-electron chi connectivity index (χ3n) is 10.9. The smallest absolute Gasteiger partial charge is 0.135 e. The number of hydrogen-bond donors (Lipinski definition) is 0. The van der Waals surface area contributed by atoms with Crippen molar-refractivity contribution >= 4 is 74.6 Å². The van der Waals surface area contributed by atoms with Gasteiger partial charge in [0, 0.05) is 31.3 Å². The number of thiophene rings is 1. The molecule has 250 valence electrons. The fraction of sp³-hybridized carbons (Fsp3) is 0.0400. The maximum absolute atomic E-state index is 6.27. The number of rotatable bonds is 4. The lowest BCUT2D eigenvalue weighted by Gasteiger charge is -2.17. The minimum atomic E-state index is 0.903. The van der Waals surface area contributed by atoms with Gasteiger partial charge in [-0.05, 0) is 116 Å². The van der Waals surface area contributed by atoms with Crippen molar-refractivity contribution in [3.05, 3.63) is 169 Å². The van der Waals surface area contributed by atoms with Crippen molar-refractivity contribution in [3.63, 3.8) is 0 Å². The highest BCUT2D eigenvalue weighted by Gasteiger charge is 2.22. The number of benzene rings is 8. The van der Waals surface area contributed by atoms with Crippen molar-refractivity contribution in [3.8, 4) is 44.9 Å². The van der Waals surface area contributed by atoms with Crippen molar-refractivity contribution in [2.75, 3.05) is 0 Å².